The van der Waals surface area contributed by atoms with E-state index in [0.29, 0.717) is 22.6 Å². The van der Waals surface area contributed by atoms with E-state index in [1.807, 2.05) is 91.9 Å². The summed E-state index contributed by atoms with van der Waals surface area (Å²) in [5.74, 6) is 0.840. The summed E-state index contributed by atoms with van der Waals surface area (Å²) in [6, 6.07) is 27.4. The second kappa shape index (κ2) is 10.1. The first-order valence-electron chi connectivity index (χ1n) is 11.1. The molecular weight excluding hydrogens is 418 g/mol. The third kappa shape index (κ3) is 4.41. The second-order valence-corrected chi connectivity index (χ2v) is 7.93. The van der Waals surface area contributed by atoms with Crippen LogP contribution in [0.3, 0.4) is 0 Å². The molecule has 4 rings (SSSR count). The smallest absolute Gasteiger partial charge is 0.132 e. The molecule has 0 fully saturated rings. The summed E-state index contributed by atoms with van der Waals surface area (Å²) < 4.78 is 5.57. The zero-order valence-electron chi connectivity index (χ0n) is 19.5. The highest BCUT2D eigenvalue weighted by molar-refractivity contribution is 6.17. The Kier molecular flexibility index (Phi) is 6.74. The van der Waals surface area contributed by atoms with Gasteiger partial charge in [0.1, 0.15) is 11.5 Å². The van der Waals surface area contributed by atoms with E-state index in [1.54, 1.807) is 19.3 Å². The van der Waals surface area contributed by atoms with Crippen molar-refractivity contribution < 1.29 is 9.84 Å². The monoisotopic (exact) mass is 445 g/mol. The fourth-order valence-corrected chi connectivity index (χ4v) is 4.06. The number of aliphatic imine (C=N–C) groups is 1. The molecule has 0 atom stereocenters. The number of aryl methyl sites for hydroxylation is 1. The van der Waals surface area contributed by atoms with E-state index in [1.165, 1.54) is 0 Å². The maximum atomic E-state index is 11.6. The van der Waals surface area contributed by atoms with Crippen molar-refractivity contribution in [1.29, 1.82) is 0 Å². The number of rotatable bonds is 7. The molecule has 0 saturated heterocycles. The van der Waals surface area contributed by atoms with Crippen molar-refractivity contribution >= 4 is 23.6 Å². The molecule has 0 aliphatic rings. The quantitative estimate of drug-likeness (QED) is 0.295. The summed E-state index contributed by atoms with van der Waals surface area (Å²) >= 11 is 0. The van der Waals surface area contributed by atoms with Gasteiger partial charge in [-0.1, -0.05) is 92.0 Å². The predicted octanol–water partition coefficient (Wildman–Crippen LogP) is 7.83. The van der Waals surface area contributed by atoms with Crippen molar-refractivity contribution in [1.82, 2.24) is 0 Å². The van der Waals surface area contributed by atoms with E-state index in [4.69, 9.17) is 9.73 Å². The molecule has 0 radical (unpaired) electrons. The standard InChI is InChI=1S/C31H27NO2/c1-5-22-15-12-16-23(6-2)29(22)32-30(24-13-8-7-9-14-24)27-20-21(3)19-26(31(27)33)25-17-10-11-18-28(25)34-4/h5-20,33H,1-2H2,3-4H3. The van der Waals surface area contributed by atoms with Crippen LogP contribution >= 0.6 is 0 Å². The van der Waals surface area contributed by atoms with Crippen LogP contribution < -0.4 is 4.74 Å². The number of benzene rings is 4. The lowest BCUT2D eigenvalue weighted by atomic mass is 9.93. The van der Waals surface area contributed by atoms with Gasteiger partial charge < -0.3 is 9.84 Å². The van der Waals surface area contributed by atoms with Gasteiger partial charge in [0.05, 0.1) is 18.5 Å². The number of hydrogen-bond donors (Lipinski definition) is 1. The molecular formula is C31H27NO2. The van der Waals surface area contributed by atoms with Crippen LogP contribution in [0, 0.1) is 6.92 Å². The summed E-state index contributed by atoms with van der Waals surface area (Å²) in [4.78, 5) is 5.10. The number of phenolic OH excluding ortho intramolecular Hbond substituents is 1. The average Bonchev–Trinajstić information content (AvgIpc) is 2.88. The fraction of sp³-hybridized carbons (Fsp3) is 0.0645. The van der Waals surface area contributed by atoms with E-state index in [9.17, 15) is 5.11 Å². The molecule has 4 aromatic rings. The van der Waals surface area contributed by atoms with E-state index >= 15 is 0 Å². The average molecular weight is 446 g/mol. The third-order valence-corrected chi connectivity index (χ3v) is 5.72. The molecule has 0 bridgehead atoms. The van der Waals surface area contributed by atoms with Crippen LogP contribution in [0.4, 0.5) is 5.69 Å². The Morgan fingerprint density at radius 1 is 0.824 bits per heavy atom. The van der Waals surface area contributed by atoms with Gasteiger partial charge in [0, 0.05) is 33.4 Å². The molecule has 34 heavy (non-hydrogen) atoms. The largest absolute Gasteiger partial charge is 0.507 e. The lowest BCUT2D eigenvalue weighted by Crippen LogP contribution is -2.05. The van der Waals surface area contributed by atoms with Crippen LogP contribution in [0.1, 0.15) is 27.8 Å². The molecule has 0 saturated carbocycles. The summed E-state index contributed by atoms with van der Waals surface area (Å²) in [5.41, 5.74) is 7.24. The normalized spacial score (nSPS) is 11.2. The topological polar surface area (TPSA) is 41.8 Å². The van der Waals surface area contributed by atoms with Gasteiger partial charge in [-0.3, -0.25) is 0 Å². The Morgan fingerprint density at radius 3 is 2.12 bits per heavy atom. The number of para-hydroxylation sites is 2. The van der Waals surface area contributed by atoms with Gasteiger partial charge in [-0.05, 0) is 30.7 Å². The summed E-state index contributed by atoms with van der Waals surface area (Å²) in [6.07, 6.45) is 3.57. The van der Waals surface area contributed by atoms with Gasteiger partial charge >= 0.3 is 0 Å². The van der Waals surface area contributed by atoms with Gasteiger partial charge in [-0.2, -0.15) is 0 Å². The van der Waals surface area contributed by atoms with Crippen molar-refractivity contribution in [3.8, 4) is 22.6 Å². The van der Waals surface area contributed by atoms with Crippen LogP contribution in [0.25, 0.3) is 23.3 Å². The lowest BCUT2D eigenvalue weighted by molar-refractivity contribution is 0.415. The SMILES string of the molecule is C=Cc1cccc(C=C)c1N=C(c1ccccc1)c1cc(C)cc(-c2ccccc2OC)c1O. The van der Waals surface area contributed by atoms with Crippen LogP contribution in [0.15, 0.2) is 103 Å². The van der Waals surface area contributed by atoms with Gasteiger partial charge in [-0.25, -0.2) is 4.99 Å². The zero-order chi connectivity index (χ0) is 24.1. The molecule has 0 unspecified atom stereocenters. The van der Waals surface area contributed by atoms with E-state index in [2.05, 4.69) is 13.2 Å². The molecule has 3 nitrogen and oxygen atoms in total. The Balaban J connectivity index is 2.05. The Morgan fingerprint density at radius 2 is 1.47 bits per heavy atom. The second-order valence-electron chi connectivity index (χ2n) is 7.93. The summed E-state index contributed by atoms with van der Waals surface area (Å²) in [7, 11) is 1.63. The summed E-state index contributed by atoms with van der Waals surface area (Å²) in [5, 5.41) is 11.6. The number of nitrogens with zero attached hydrogens (tertiary/aromatic N) is 1. The number of hydrogen-bond acceptors (Lipinski definition) is 3. The van der Waals surface area contributed by atoms with E-state index in [-0.39, 0.29) is 5.75 Å². The van der Waals surface area contributed by atoms with Gasteiger partial charge in [-0.15, -0.1) is 0 Å². The third-order valence-electron chi connectivity index (χ3n) is 5.72. The molecule has 0 heterocycles. The number of ether oxygens (including phenoxy) is 1. The van der Waals surface area contributed by atoms with Gasteiger partial charge in [0.15, 0.2) is 0 Å². The molecule has 0 spiro atoms. The summed E-state index contributed by atoms with van der Waals surface area (Å²) in [6.45, 7) is 9.93. The van der Waals surface area contributed by atoms with Crippen molar-refractivity contribution in [3.63, 3.8) is 0 Å². The highest BCUT2D eigenvalue weighted by Crippen LogP contribution is 2.40. The van der Waals surface area contributed by atoms with Crippen molar-refractivity contribution in [2.45, 2.75) is 6.92 Å². The molecule has 1 N–H and O–H groups in total. The lowest BCUT2D eigenvalue weighted by Gasteiger charge is -2.17. The molecule has 3 heteroatoms. The minimum atomic E-state index is 0.147. The van der Waals surface area contributed by atoms with Crippen LogP contribution in [-0.2, 0) is 0 Å². The molecule has 0 aliphatic heterocycles. The predicted molar refractivity (Wildman–Crippen MR) is 143 cm³/mol. The highest BCUT2D eigenvalue weighted by atomic mass is 16.5. The maximum Gasteiger partial charge on any atom is 0.132 e. The fourth-order valence-electron chi connectivity index (χ4n) is 4.06. The maximum absolute atomic E-state index is 11.6. The number of methoxy groups -OCH3 is 1. The van der Waals surface area contributed by atoms with E-state index in [0.717, 1.165) is 33.5 Å². The minimum absolute atomic E-state index is 0.147. The Labute approximate surface area is 201 Å². The highest BCUT2D eigenvalue weighted by Gasteiger charge is 2.19. The molecule has 168 valence electrons. The van der Waals surface area contributed by atoms with Gasteiger partial charge in [0.2, 0.25) is 0 Å². The van der Waals surface area contributed by atoms with Crippen LogP contribution in [0.5, 0.6) is 11.5 Å². The molecule has 0 amide bonds. The molecule has 0 aromatic heterocycles. The van der Waals surface area contributed by atoms with Gasteiger partial charge in [0.25, 0.3) is 0 Å². The van der Waals surface area contributed by atoms with Crippen molar-refractivity contribution in [3.05, 3.63) is 126 Å². The van der Waals surface area contributed by atoms with Crippen LogP contribution in [-0.4, -0.2) is 17.9 Å². The van der Waals surface area contributed by atoms with Crippen molar-refractivity contribution in [2.24, 2.45) is 4.99 Å². The Hall–Kier alpha value is -4.37. The van der Waals surface area contributed by atoms with E-state index < -0.39 is 0 Å². The molecule has 0 aliphatic carbocycles. The Bertz CT molecular complexity index is 1360. The first kappa shape index (κ1) is 22.8. The molecule has 4 aromatic carbocycles. The van der Waals surface area contributed by atoms with Crippen LogP contribution in [0.2, 0.25) is 0 Å². The number of phenols is 1. The first-order chi connectivity index (χ1) is 16.6. The minimum Gasteiger partial charge on any atom is -0.507 e. The first-order valence-corrected chi connectivity index (χ1v) is 11.1. The zero-order valence-corrected chi connectivity index (χ0v) is 19.5. The van der Waals surface area contributed by atoms with Crippen molar-refractivity contribution in [2.75, 3.05) is 7.11 Å². The number of aromatic hydroxyl groups is 1.